The minimum absolute atomic E-state index is 0.0509. The lowest BCUT2D eigenvalue weighted by molar-refractivity contribution is -0.140. The Hall–Kier alpha value is -2.78. The molecule has 2 amide bonds. The molecule has 0 aliphatic carbocycles. The minimum Gasteiger partial charge on any atom is -0.352 e. The molecule has 0 radical (unpaired) electrons. The van der Waals surface area contributed by atoms with Gasteiger partial charge >= 0.3 is 0 Å². The maximum atomic E-state index is 14.1. The Balaban J connectivity index is 2.07. The lowest BCUT2D eigenvalue weighted by Crippen LogP contribution is -2.54. The molecule has 40 heavy (non-hydrogen) atoms. The van der Waals surface area contributed by atoms with E-state index in [4.69, 9.17) is 34.8 Å². The molecule has 11 heteroatoms. The summed E-state index contributed by atoms with van der Waals surface area (Å²) < 4.78 is 26.7. The van der Waals surface area contributed by atoms with Gasteiger partial charge in [-0.1, -0.05) is 84.2 Å². The molecular weight excluding hydrogens is 593 g/mol. The highest BCUT2D eigenvalue weighted by Crippen LogP contribution is 2.27. The summed E-state index contributed by atoms with van der Waals surface area (Å²) in [7, 11) is -3.94. The molecule has 214 valence electrons. The molecule has 0 aliphatic heterocycles. The highest BCUT2D eigenvalue weighted by molar-refractivity contribution is 7.92. The number of nitrogens with zero attached hydrogens (tertiary/aromatic N) is 2. The molecule has 0 bridgehead atoms. The number of hydrogen-bond donors (Lipinski definition) is 1. The normalized spacial score (nSPS) is 12.8. The highest BCUT2D eigenvalue weighted by Gasteiger charge is 2.33. The van der Waals surface area contributed by atoms with Crippen LogP contribution in [0.4, 0.5) is 5.69 Å². The van der Waals surface area contributed by atoms with Crippen LogP contribution in [-0.2, 0) is 32.6 Å². The van der Waals surface area contributed by atoms with E-state index < -0.39 is 28.5 Å². The number of anilines is 1. The molecule has 0 fully saturated rings. The summed E-state index contributed by atoms with van der Waals surface area (Å²) in [5.74, 6) is -0.908. The molecule has 3 aromatic rings. The van der Waals surface area contributed by atoms with Gasteiger partial charge in [-0.05, 0) is 54.8 Å². The van der Waals surface area contributed by atoms with Crippen LogP contribution in [0.15, 0.2) is 72.8 Å². The van der Waals surface area contributed by atoms with Crippen molar-refractivity contribution < 1.29 is 18.0 Å². The van der Waals surface area contributed by atoms with Crippen LogP contribution >= 0.6 is 34.8 Å². The van der Waals surface area contributed by atoms with Crippen molar-refractivity contribution in [1.29, 1.82) is 0 Å². The van der Waals surface area contributed by atoms with Crippen LogP contribution in [0, 0.1) is 0 Å². The zero-order valence-corrected chi connectivity index (χ0v) is 25.6. The summed E-state index contributed by atoms with van der Waals surface area (Å²) in [6, 6.07) is 19.5. The van der Waals surface area contributed by atoms with Crippen LogP contribution < -0.4 is 9.62 Å². The van der Waals surface area contributed by atoms with Crippen molar-refractivity contribution in [2.24, 2.45) is 0 Å². The molecule has 0 saturated carbocycles. The molecule has 0 saturated heterocycles. The fraction of sp³-hybridized carbons (Fsp3) is 0.310. The Morgan fingerprint density at radius 3 is 2.02 bits per heavy atom. The van der Waals surface area contributed by atoms with Crippen LogP contribution in [0.1, 0.15) is 31.4 Å². The standard InChI is InChI=1S/C29H32Cl3N3O4S/c1-4-20(2)33-29(37)27(14-21-8-6-5-7-9-21)34(18-22-10-12-23(30)13-11-22)28(36)19-35(40(3,38)39)26-16-24(31)15-25(32)17-26/h5-13,15-17,20,27H,4,14,18-19H2,1-3H3,(H,33,37)/t20-,27+/m1/s1. The minimum atomic E-state index is -3.94. The quantitative estimate of drug-likeness (QED) is 0.269. The van der Waals surface area contributed by atoms with Gasteiger partial charge in [0.25, 0.3) is 0 Å². The second-order valence-corrected chi connectivity index (χ2v) is 12.8. The first-order valence-electron chi connectivity index (χ1n) is 12.7. The van der Waals surface area contributed by atoms with E-state index in [0.29, 0.717) is 11.4 Å². The summed E-state index contributed by atoms with van der Waals surface area (Å²) in [6.45, 7) is 3.32. The van der Waals surface area contributed by atoms with E-state index in [1.807, 2.05) is 44.2 Å². The van der Waals surface area contributed by atoms with Gasteiger partial charge in [0.1, 0.15) is 12.6 Å². The van der Waals surface area contributed by atoms with Crippen LogP contribution in [-0.4, -0.2) is 50.0 Å². The number of carbonyl (C=O) groups excluding carboxylic acids is 2. The fourth-order valence-electron chi connectivity index (χ4n) is 4.08. The Labute approximate surface area is 251 Å². The van der Waals surface area contributed by atoms with Crippen molar-refractivity contribution in [2.75, 3.05) is 17.1 Å². The van der Waals surface area contributed by atoms with Gasteiger partial charge in [0.15, 0.2) is 0 Å². The summed E-state index contributed by atoms with van der Waals surface area (Å²) in [6.07, 6.45) is 1.92. The van der Waals surface area contributed by atoms with Crippen molar-refractivity contribution in [3.63, 3.8) is 0 Å². The number of hydrogen-bond acceptors (Lipinski definition) is 4. The van der Waals surface area contributed by atoms with Crippen molar-refractivity contribution in [3.8, 4) is 0 Å². The smallest absolute Gasteiger partial charge is 0.244 e. The van der Waals surface area contributed by atoms with E-state index in [1.54, 1.807) is 24.3 Å². The molecular formula is C29H32Cl3N3O4S. The zero-order valence-electron chi connectivity index (χ0n) is 22.5. The number of amides is 2. The molecule has 0 aliphatic rings. The largest absolute Gasteiger partial charge is 0.352 e. The maximum Gasteiger partial charge on any atom is 0.244 e. The van der Waals surface area contributed by atoms with E-state index in [9.17, 15) is 18.0 Å². The average molecular weight is 625 g/mol. The van der Waals surface area contributed by atoms with Crippen LogP contribution in [0.5, 0.6) is 0 Å². The fourth-order valence-corrected chi connectivity index (χ4v) is 5.55. The molecule has 3 aromatic carbocycles. The van der Waals surface area contributed by atoms with E-state index >= 15 is 0 Å². The highest BCUT2D eigenvalue weighted by atomic mass is 35.5. The number of nitrogens with one attached hydrogen (secondary N) is 1. The Kier molecular flexibility index (Phi) is 11.3. The Morgan fingerprint density at radius 1 is 0.875 bits per heavy atom. The molecule has 7 nitrogen and oxygen atoms in total. The van der Waals surface area contributed by atoms with E-state index in [-0.39, 0.29) is 40.6 Å². The number of halogens is 3. The van der Waals surface area contributed by atoms with Gasteiger partial charge in [-0.2, -0.15) is 0 Å². The monoisotopic (exact) mass is 623 g/mol. The lowest BCUT2D eigenvalue weighted by Gasteiger charge is -2.34. The summed E-state index contributed by atoms with van der Waals surface area (Å²) >= 11 is 18.4. The molecule has 0 aromatic heterocycles. The SMILES string of the molecule is CC[C@@H](C)NC(=O)[C@H](Cc1ccccc1)N(Cc1ccc(Cl)cc1)C(=O)CN(c1cc(Cl)cc(Cl)c1)S(C)(=O)=O. The Morgan fingerprint density at radius 2 is 1.48 bits per heavy atom. The van der Waals surface area contributed by atoms with Gasteiger partial charge in [-0.3, -0.25) is 13.9 Å². The number of rotatable bonds is 12. The molecule has 0 heterocycles. The van der Waals surface area contributed by atoms with Crippen molar-refractivity contribution in [2.45, 2.75) is 45.3 Å². The van der Waals surface area contributed by atoms with Gasteiger partial charge in [-0.25, -0.2) is 8.42 Å². The van der Waals surface area contributed by atoms with E-state index in [1.165, 1.54) is 23.1 Å². The summed E-state index contributed by atoms with van der Waals surface area (Å²) in [5, 5.41) is 3.95. The first-order valence-corrected chi connectivity index (χ1v) is 15.7. The number of carbonyl (C=O) groups is 2. The molecule has 0 spiro atoms. The molecule has 1 N–H and O–H groups in total. The first kappa shape index (κ1) is 31.7. The molecule has 2 atom stereocenters. The second kappa shape index (κ2) is 14.2. The van der Waals surface area contributed by atoms with Gasteiger partial charge in [-0.15, -0.1) is 0 Å². The summed E-state index contributed by atoms with van der Waals surface area (Å²) in [4.78, 5) is 29.1. The van der Waals surface area contributed by atoms with Gasteiger partial charge in [0.05, 0.1) is 11.9 Å². The third-order valence-electron chi connectivity index (χ3n) is 6.35. The number of sulfonamides is 1. The van der Waals surface area contributed by atoms with Crippen LogP contribution in [0.25, 0.3) is 0 Å². The maximum absolute atomic E-state index is 14.1. The Bertz CT molecular complexity index is 1400. The van der Waals surface area contributed by atoms with Gasteiger partial charge < -0.3 is 10.2 Å². The van der Waals surface area contributed by atoms with Gasteiger partial charge in [0, 0.05) is 34.1 Å². The summed E-state index contributed by atoms with van der Waals surface area (Å²) in [5.41, 5.74) is 1.72. The van der Waals surface area contributed by atoms with Crippen molar-refractivity contribution in [1.82, 2.24) is 10.2 Å². The molecule has 0 unspecified atom stereocenters. The third kappa shape index (κ3) is 9.13. The molecule has 3 rings (SSSR count). The van der Waals surface area contributed by atoms with Crippen LogP contribution in [0.3, 0.4) is 0 Å². The second-order valence-electron chi connectivity index (χ2n) is 9.57. The predicted molar refractivity (Wildman–Crippen MR) is 162 cm³/mol. The van der Waals surface area contributed by atoms with Crippen molar-refractivity contribution in [3.05, 3.63) is 99.0 Å². The van der Waals surface area contributed by atoms with Crippen LogP contribution in [0.2, 0.25) is 15.1 Å². The van der Waals surface area contributed by atoms with E-state index in [2.05, 4.69) is 5.32 Å². The lowest BCUT2D eigenvalue weighted by atomic mass is 10.0. The van der Waals surface area contributed by atoms with E-state index in [0.717, 1.165) is 21.7 Å². The zero-order chi connectivity index (χ0) is 29.4. The van der Waals surface area contributed by atoms with Crippen molar-refractivity contribution >= 4 is 62.3 Å². The predicted octanol–water partition coefficient (Wildman–Crippen LogP) is 5.97. The third-order valence-corrected chi connectivity index (χ3v) is 8.18. The average Bonchev–Trinajstić information content (AvgIpc) is 2.89. The van der Waals surface area contributed by atoms with Gasteiger partial charge in [0.2, 0.25) is 21.8 Å². The topological polar surface area (TPSA) is 86.8 Å². The number of benzene rings is 3. The first-order chi connectivity index (χ1) is 18.9.